The van der Waals surface area contributed by atoms with Gasteiger partial charge in [-0.05, 0) is 56.8 Å². The molecule has 0 aliphatic carbocycles. The van der Waals surface area contributed by atoms with Gasteiger partial charge in [0.1, 0.15) is 0 Å². The topological polar surface area (TPSA) is 44.4 Å². The number of nitrogens with zero attached hydrogens (tertiary/aromatic N) is 1. The molecule has 0 heterocycles. The highest BCUT2D eigenvalue weighted by atomic mass is 32.1. The quantitative estimate of drug-likeness (QED) is 0.562. The molecular weight excluding hydrogens is 294 g/mol. The maximum atomic E-state index is 11.7. The van der Waals surface area contributed by atoms with Crippen LogP contribution in [0.1, 0.15) is 46.5 Å². The number of carbonyl (C=O) groups excluding carboxylic acids is 1. The van der Waals surface area contributed by atoms with Crippen LogP contribution in [-0.2, 0) is 4.79 Å². The van der Waals surface area contributed by atoms with Gasteiger partial charge in [-0.2, -0.15) is 0 Å². The summed E-state index contributed by atoms with van der Waals surface area (Å²) in [6.07, 6.45) is 3.61. The van der Waals surface area contributed by atoms with Crippen LogP contribution in [0, 0.1) is 0 Å². The Morgan fingerprint density at radius 3 is 2.27 bits per heavy atom. The number of hydrogen-bond donors (Lipinski definition) is 2. The average Bonchev–Trinajstić information content (AvgIpc) is 2.50. The van der Waals surface area contributed by atoms with Gasteiger partial charge in [-0.15, -0.1) is 0 Å². The zero-order chi connectivity index (χ0) is 16.4. The Kier molecular flexibility index (Phi) is 8.51. The van der Waals surface area contributed by atoms with Gasteiger partial charge in [-0.3, -0.25) is 4.79 Å². The minimum Gasteiger partial charge on any atom is -0.372 e. The summed E-state index contributed by atoms with van der Waals surface area (Å²) in [5, 5.41) is 6.12. The van der Waals surface area contributed by atoms with Crippen molar-refractivity contribution >= 4 is 34.6 Å². The summed E-state index contributed by atoms with van der Waals surface area (Å²) in [7, 11) is 0. The Hall–Kier alpha value is -1.62. The molecule has 122 valence electrons. The van der Waals surface area contributed by atoms with Gasteiger partial charge in [0.15, 0.2) is 5.11 Å². The van der Waals surface area contributed by atoms with Gasteiger partial charge in [-0.25, -0.2) is 0 Å². The molecule has 5 heteroatoms. The van der Waals surface area contributed by atoms with E-state index in [1.807, 2.05) is 12.1 Å². The van der Waals surface area contributed by atoms with E-state index in [1.54, 1.807) is 0 Å². The van der Waals surface area contributed by atoms with E-state index < -0.39 is 0 Å². The van der Waals surface area contributed by atoms with Crippen LogP contribution >= 0.6 is 12.2 Å². The third-order valence-corrected chi connectivity index (χ3v) is 3.72. The fourth-order valence-corrected chi connectivity index (χ4v) is 2.46. The molecule has 1 amide bonds. The van der Waals surface area contributed by atoms with E-state index >= 15 is 0 Å². The Balaban J connectivity index is 2.46. The van der Waals surface area contributed by atoms with Gasteiger partial charge in [0, 0.05) is 30.9 Å². The van der Waals surface area contributed by atoms with Crippen molar-refractivity contribution in [1.82, 2.24) is 5.32 Å². The third kappa shape index (κ3) is 6.43. The van der Waals surface area contributed by atoms with E-state index in [2.05, 4.69) is 48.4 Å². The predicted molar refractivity (Wildman–Crippen MR) is 98.5 cm³/mol. The smallest absolute Gasteiger partial charge is 0.226 e. The first kappa shape index (κ1) is 18.4. The molecular formula is C17H27N3OS. The van der Waals surface area contributed by atoms with E-state index in [4.69, 9.17) is 12.2 Å². The van der Waals surface area contributed by atoms with Crippen LogP contribution in [0.15, 0.2) is 24.3 Å². The second kappa shape index (κ2) is 10.2. The Bertz CT molecular complexity index is 469. The largest absolute Gasteiger partial charge is 0.372 e. The summed E-state index contributed by atoms with van der Waals surface area (Å²) in [5.41, 5.74) is 2.07. The highest BCUT2D eigenvalue weighted by Gasteiger charge is 2.05. The molecule has 0 bridgehead atoms. The lowest BCUT2D eigenvalue weighted by molar-refractivity contribution is -0.119. The van der Waals surface area contributed by atoms with Crippen molar-refractivity contribution in [2.24, 2.45) is 0 Å². The van der Waals surface area contributed by atoms with Gasteiger partial charge in [0.2, 0.25) is 5.91 Å². The van der Waals surface area contributed by atoms with Crippen LogP contribution in [0.4, 0.5) is 11.4 Å². The lowest BCUT2D eigenvalue weighted by Gasteiger charge is -2.21. The number of benzene rings is 1. The SMILES string of the molecule is CCCCCC(=O)NC(=S)Nc1ccc(N(CC)CC)cc1. The molecule has 0 radical (unpaired) electrons. The molecule has 0 spiro atoms. The molecule has 0 aliphatic rings. The molecule has 22 heavy (non-hydrogen) atoms. The third-order valence-electron chi connectivity index (χ3n) is 3.51. The first-order valence-electron chi connectivity index (χ1n) is 8.06. The van der Waals surface area contributed by atoms with Crippen molar-refractivity contribution in [3.05, 3.63) is 24.3 Å². The number of nitrogens with one attached hydrogen (secondary N) is 2. The number of anilines is 2. The zero-order valence-electron chi connectivity index (χ0n) is 13.8. The molecule has 0 saturated carbocycles. The van der Waals surface area contributed by atoms with E-state index in [-0.39, 0.29) is 5.91 Å². The van der Waals surface area contributed by atoms with Crippen LogP contribution in [0.3, 0.4) is 0 Å². The molecule has 0 fully saturated rings. The number of unbranched alkanes of at least 4 members (excludes halogenated alkanes) is 2. The molecule has 1 aromatic carbocycles. The lowest BCUT2D eigenvalue weighted by atomic mass is 10.2. The second-order valence-electron chi connectivity index (χ2n) is 5.18. The summed E-state index contributed by atoms with van der Waals surface area (Å²) < 4.78 is 0. The monoisotopic (exact) mass is 321 g/mol. The minimum absolute atomic E-state index is 0.0225. The predicted octanol–water partition coefficient (Wildman–Crippen LogP) is 3.93. The number of amides is 1. The highest BCUT2D eigenvalue weighted by molar-refractivity contribution is 7.80. The first-order valence-corrected chi connectivity index (χ1v) is 8.47. The van der Waals surface area contributed by atoms with E-state index in [0.29, 0.717) is 11.5 Å². The van der Waals surface area contributed by atoms with E-state index in [1.165, 1.54) is 5.69 Å². The molecule has 2 N–H and O–H groups in total. The Morgan fingerprint density at radius 1 is 1.09 bits per heavy atom. The van der Waals surface area contributed by atoms with Crippen LogP contribution in [0.5, 0.6) is 0 Å². The second-order valence-corrected chi connectivity index (χ2v) is 5.59. The highest BCUT2D eigenvalue weighted by Crippen LogP contribution is 2.17. The van der Waals surface area contributed by atoms with Gasteiger partial charge in [-0.1, -0.05) is 19.8 Å². The summed E-state index contributed by atoms with van der Waals surface area (Å²) in [4.78, 5) is 14.0. The van der Waals surface area contributed by atoms with Crippen molar-refractivity contribution in [1.29, 1.82) is 0 Å². The van der Waals surface area contributed by atoms with Gasteiger partial charge in [0.05, 0.1) is 0 Å². The average molecular weight is 321 g/mol. The Morgan fingerprint density at radius 2 is 1.73 bits per heavy atom. The molecule has 0 aromatic heterocycles. The molecule has 1 aromatic rings. The van der Waals surface area contributed by atoms with E-state index in [9.17, 15) is 4.79 Å². The minimum atomic E-state index is -0.0225. The van der Waals surface area contributed by atoms with Crippen LogP contribution in [0.2, 0.25) is 0 Å². The van der Waals surface area contributed by atoms with Gasteiger partial charge < -0.3 is 15.5 Å². The fraction of sp³-hybridized carbons (Fsp3) is 0.529. The standard InChI is InChI=1S/C17H27N3OS/c1-4-7-8-9-16(21)19-17(22)18-14-10-12-15(13-11-14)20(5-2)6-3/h10-13H,4-9H2,1-3H3,(H2,18,19,21,22). The van der Waals surface area contributed by atoms with Crippen molar-refractivity contribution in [2.75, 3.05) is 23.3 Å². The van der Waals surface area contributed by atoms with Gasteiger partial charge in [0.25, 0.3) is 0 Å². The van der Waals surface area contributed by atoms with Crippen LogP contribution < -0.4 is 15.5 Å². The zero-order valence-corrected chi connectivity index (χ0v) is 14.6. The summed E-state index contributed by atoms with van der Waals surface area (Å²) in [5.74, 6) is -0.0225. The molecule has 4 nitrogen and oxygen atoms in total. The molecule has 0 aliphatic heterocycles. The van der Waals surface area contributed by atoms with E-state index in [0.717, 1.165) is 38.0 Å². The molecule has 1 rings (SSSR count). The number of carbonyl (C=O) groups is 1. The number of hydrogen-bond acceptors (Lipinski definition) is 3. The van der Waals surface area contributed by atoms with Crippen molar-refractivity contribution in [3.63, 3.8) is 0 Å². The van der Waals surface area contributed by atoms with Crippen molar-refractivity contribution in [3.8, 4) is 0 Å². The number of thiocarbonyl (C=S) groups is 1. The summed E-state index contributed by atoms with van der Waals surface area (Å²) in [6.45, 7) is 8.36. The van der Waals surface area contributed by atoms with Gasteiger partial charge >= 0.3 is 0 Å². The summed E-state index contributed by atoms with van der Waals surface area (Å²) in [6, 6.07) is 8.06. The van der Waals surface area contributed by atoms with Crippen molar-refractivity contribution < 1.29 is 4.79 Å². The first-order chi connectivity index (χ1) is 10.6. The van der Waals surface area contributed by atoms with Crippen molar-refractivity contribution in [2.45, 2.75) is 46.5 Å². The lowest BCUT2D eigenvalue weighted by Crippen LogP contribution is -2.33. The molecule has 0 unspecified atom stereocenters. The maximum Gasteiger partial charge on any atom is 0.226 e. The molecule has 0 saturated heterocycles. The normalized spacial score (nSPS) is 10.1. The Labute approximate surface area is 139 Å². The molecule has 0 atom stereocenters. The number of rotatable bonds is 8. The van der Waals surface area contributed by atoms with Crippen LogP contribution in [0.25, 0.3) is 0 Å². The summed E-state index contributed by atoms with van der Waals surface area (Å²) >= 11 is 5.17. The van der Waals surface area contributed by atoms with Crippen LogP contribution in [-0.4, -0.2) is 24.1 Å². The maximum absolute atomic E-state index is 11.7. The fourth-order valence-electron chi connectivity index (χ4n) is 2.23.